The lowest BCUT2D eigenvalue weighted by Gasteiger charge is -2.18. The third kappa shape index (κ3) is 5.29. The molecule has 1 atom stereocenters. The Hall–Kier alpha value is -4.47. The molecule has 0 spiro atoms. The molecular formula is C22H21F3N8O4S. The van der Waals surface area contributed by atoms with Gasteiger partial charge in [-0.25, -0.2) is 27.5 Å². The first kappa shape index (κ1) is 26.6. The van der Waals surface area contributed by atoms with Crippen LogP contribution < -0.4 is 14.2 Å². The fourth-order valence-corrected chi connectivity index (χ4v) is 4.65. The van der Waals surface area contributed by atoms with E-state index in [4.69, 9.17) is 9.47 Å². The molecule has 0 radical (unpaired) electrons. The van der Waals surface area contributed by atoms with E-state index in [2.05, 4.69) is 36.6 Å². The van der Waals surface area contributed by atoms with Gasteiger partial charge in [0.25, 0.3) is 0 Å². The Morgan fingerprint density at radius 2 is 1.76 bits per heavy atom. The van der Waals surface area contributed by atoms with Gasteiger partial charge in [0.1, 0.15) is 34.0 Å². The lowest BCUT2D eigenvalue weighted by molar-refractivity contribution is 0.0568. The molecule has 4 rings (SSSR count). The first-order valence-electron chi connectivity index (χ1n) is 10.8. The largest absolute Gasteiger partial charge is 0.494 e. The summed E-state index contributed by atoms with van der Waals surface area (Å²) in [4.78, 5) is 7.59. The number of benzene rings is 1. The summed E-state index contributed by atoms with van der Waals surface area (Å²) in [6.45, 7) is 0.659. The highest BCUT2D eigenvalue weighted by atomic mass is 32.2. The van der Waals surface area contributed by atoms with Gasteiger partial charge < -0.3 is 9.47 Å². The summed E-state index contributed by atoms with van der Waals surface area (Å²) in [5.74, 6) is -0.542. The molecule has 0 amide bonds. The van der Waals surface area contributed by atoms with Gasteiger partial charge in [-0.05, 0) is 18.2 Å². The molecule has 3 aromatic heterocycles. The van der Waals surface area contributed by atoms with Gasteiger partial charge in [0.15, 0.2) is 11.6 Å². The van der Waals surface area contributed by atoms with Crippen molar-refractivity contribution in [1.82, 2.24) is 34.5 Å². The Balaban J connectivity index is 1.83. The molecular weight excluding hydrogens is 529 g/mol. The van der Waals surface area contributed by atoms with Gasteiger partial charge in [-0.2, -0.15) is 13.9 Å². The average molecular weight is 551 g/mol. The number of halogens is 3. The summed E-state index contributed by atoms with van der Waals surface area (Å²) in [6.07, 6.45) is 3.80. The van der Waals surface area contributed by atoms with Crippen LogP contribution in [0.5, 0.6) is 11.5 Å². The topological polar surface area (TPSA) is 139 Å². The molecule has 0 aliphatic heterocycles. The van der Waals surface area contributed by atoms with Crippen LogP contribution in [0.2, 0.25) is 0 Å². The predicted octanol–water partition coefficient (Wildman–Crippen LogP) is 3.01. The Labute approximate surface area is 214 Å². The Morgan fingerprint density at radius 1 is 1.11 bits per heavy atom. The van der Waals surface area contributed by atoms with Crippen LogP contribution in [0.15, 0.2) is 55.5 Å². The number of hydrogen-bond donors (Lipinski definition) is 1. The number of anilines is 1. The van der Waals surface area contributed by atoms with Crippen LogP contribution in [-0.4, -0.2) is 62.4 Å². The number of nitrogens with one attached hydrogen (secondary N) is 1. The molecule has 0 fully saturated rings. The smallest absolute Gasteiger partial charge is 0.333 e. The van der Waals surface area contributed by atoms with Crippen molar-refractivity contribution in [3.8, 4) is 28.7 Å². The van der Waals surface area contributed by atoms with Crippen LogP contribution >= 0.6 is 0 Å². The van der Waals surface area contributed by atoms with Crippen LogP contribution in [0.3, 0.4) is 0 Å². The number of aromatic nitrogens is 7. The number of rotatable bonds is 11. The summed E-state index contributed by atoms with van der Waals surface area (Å²) < 4.78 is 81.2. The maximum atomic E-state index is 13.4. The molecule has 0 unspecified atom stereocenters. The fourth-order valence-electron chi connectivity index (χ4n) is 3.49. The molecule has 0 aliphatic rings. The van der Waals surface area contributed by atoms with Crippen LogP contribution in [0.1, 0.15) is 12.4 Å². The van der Waals surface area contributed by atoms with Crippen LogP contribution in [0.25, 0.3) is 17.2 Å². The number of hydrogen-bond acceptors (Lipinski definition) is 9. The average Bonchev–Trinajstić information content (AvgIpc) is 3.55. The number of nitrogens with zero attached hydrogens (tertiary/aromatic N) is 7. The Kier molecular flexibility index (Phi) is 7.61. The van der Waals surface area contributed by atoms with E-state index in [0.717, 1.165) is 24.7 Å². The van der Waals surface area contributed by atoms with Crippen molar-refractivity contribution in [2.24, 2.45) is 0 Å². The second kappa shape index (κ2) is 10.9. The zero-order valence-corrected chi connectivity index (χ0v) is 20.8. The van der Waals surface area contributed by atoms with E-state index in [9.17, 15) is 21.6 Å². The molecule has 200 valence electrons. The monoisotopic (exact) mass is 550 g/mol. The van der Waals surface area contributed by atoms with Crippen molar-refractivity contribution < 1.29 is 31.1 Å². The highest BCUT2D eigenvalue weighted by Gasteiger charge is 2.30. The van der Waals surface area contributed by atoms with Gasteiger partial charge in [0.05, 0.1) is 26.6 Å². The van der Waals surface area contributed by atoms with E-state index in [1.54, 1.807) is 18.2 Å². The minimum Gasteiger partial charge on any atom is -0.494 e. The molecule has 0 saturated heterocycles. The number of para-hydroxylation sites is 1. The number of sulfonamides is 1. The standard InChI is InChI=1S/C22H21F3N8O4S/c1-4-14(10-18-26-11-13(23)12-27-18)38(34,35)31-22-29-28-20(15-8-9-32(30-15)21(24)25)33(22)19-16(36-2)6-5-7-17(19)37-3/h4-9,11-12,14,21H,1,10H2,2-3H3,(H,29,31)/t14-/m1/s1. The molecule has 4 aromatic rings. The summed E-state index contributed by atoms with van der Waals surface area (Å²) >= 11 is 0. The van der Waals surface area contributed by atoms with Crippen LogP contribution in [0.4, 0.5) is 19.1 Å². The van der Waals surface area contributed by atoms with E-state index < -0.39 is 27.6 Å². The number of methoxy groups -OCH3 is 2. The number of ether oxygens (including phenoxy) is 2. The van der Waals surface area contributed by atoms with Crippen molar-refractivity contribution in [2.75, 3.05) is 18.9 Å². The van der Waals surface area contributed by atoms with E-state index in [0.29, 0.717) is 4.68 Å². The van der Waals surface area contributed by atoms with Crippen molar-refractivity contribution in [1.29, 1.82) is 0 Å². The molecule has 1 aromatic carbocycles. The van der Waals surface area contributed by atoms with E-state index in [1.165, 1.54) is 24.9 Å². The van der Waals surface area contributed by atoms with Gasteiger partial charge in [0.2, 0.25) is 16.0 Å². The van der Waals surface area contributed by atoms with Gasteiger partial charge >= 0.3 is 6.55 Å². The first-order chi connectivity index (χ1) is 18.2. The summed E-state index contributed by atoms with van der Waals surface area (Å²) in [7, 11) is -1.51. The molecule has 38 heavy (non-hydrogen) atoms. The predicted molar refractivity (Wildman–Crippen MR) is 129 cm³/mol. The highest BCUT2D eigenvalue weighted by molar-refractivity contribution is 7.93. The minimum absolute atomic E-state index is 0.0313. The van der Waals surface area contributed by atoms with Gasteiger partial charge in [0, 0.05) is 12.6 Å². The lowest BCUT2D eigenvalue weighted by atomic mass is 10.2. The van der Waals surface area contributed by atoms with Crippen molar-refractivity contribution in [2.45, 2.75) is 18.2 Å². The number of alkyl halides is 2. The lowest BCUT2D eigenvalue weighted by Crippen LogP contribution is -2.30. The van der Waals surface area contributed by atoms with E-state index in [-0.39, 0.29) is 46.9 Å². The quantitative estimate of drug-likeness (QED) is 0.279. The van der Waals surface area contributed by atoms with Gasteiger partial charge in [-0.15, -0.1) is 16.8 Å². The second-order valence-corrected chi connectivity index (χ2v) is 9.49. The third-order valence-electron chi connectivity index (χ3n) is 5.28. The summed E-state index contributed by atoms with van der Waals surface area (Å²) in [6, 6.07) is 6.06. The van der Waals surface area contributed by atoms with Gasteiger partial charge in [-0.1, -0.05) is 12.1 Å². The zero-order valence-electron chi connectivity index (χ0n) is 20.0. The molecule has 1 N–H and O–H groups in total. The van der Waals surface area contributed by atoms with Crippen molar-refractivity contribution in [3.63, 3.8) is 0 Å². The third-order valence-corrected chi connectivity index (χ3v) is 6.90. The Morgan fingerprint density at radius 3 is 2.32 bits per heavy atom. The Bertz CT molecular complexity index is 1520. The van der Waals surface area contributed by atoms with E-state index >= 15 is 0 Å². The molecule has 16 heteroatoms. The molecule has 3 heterocycles. The highest BCUT2D eigenvalue weighted by Crippen LogP contribution is 2.37. The molecule has 0 bridgehead atoms. The summed E-state index contributed by atoms with van der Waals surface area (Å²) in [5.41, 5.74) is 0.148. The van der Waals surface area contributed by atoms with Crippen molar-refractivity contribution in [3.05, 3.63) is 67.2 Å². The van der Waals surface area contributed by atoms with Crippen molar-refractivity contribution >= 4 is 16.0 Å². The van der Waals surface area contributed by atoms with E-state index in [1.807, 2.05) is 0 Å². The molecule has 12 nitrogen and oxygen atoms in total. The second-order valence-electron chi connectivity index (χ2n) is 7.60. The fraction of sp³-hybridized carbons (Fsp3) is 0.227. The maximum Gasteiger partial charge on any atom is 0.333 e. The summed E-state index contributed by atoms with van der Waals surface area (Å²) in [5, 5.41) is 10.5. The maximum absolute atomic E-state index is 13.4. The molecule has 0 aliphatic carbocycles. The first-order valence-corrected chi connectivity index (χ1v) is 12.3. The van der Waals surface area contributed by atoms with Crippen LogP contribution in [0, 0.1) is 5.82 Å². The zero-order chi connectivity index (χ0) is 27.4. The normalized spacial score (nSPS) is 12.4. The molecule has 0 saturated carbocycles. The van der Waals surface area contributed by atoms with Gasteiger partial charge in [-0.3, -0.25) is 9.29 Å². The van der Waals surface area contributed by atoms with Crippen LogP contribution in [-0.2, 0) is 16.4 Å². The minimum atomic E-state index is -4.27. The SMILES string of the molecule is C=C[C@H](Cc1ncc(F)cn1)S(=O)(=O)Nc1nnc(-c2ccn(C(F)F)n2)n1-c1c(OC)cccc1OC.